The minimum Gasteiger partial charge on any atom is -0.444 e. The second kappa shape index (κ2) is 9.30. The van der Waals surface area contributed by atoms with Gasteiger partial charge in [0.1, 0.15) is 5.60 Å². The Morgan fingerprint density at radius 3 is 2.29 bits per heavy atom. The van der Waals surface area contributed by atoms with Crippen LogP contribution in [0.1, 0.15) is 59.1 Å². The minimum absolute atomic E-state index is 0.00230. The van der Waals surface area contributed by atoms with E-state index in [0.717, 1.165) is 5.56 Å². The van der Waals surface area contributed by atoms with Gasteiger partial charge in [0.05, 0.1) is 6.04 Å². The van der Waals surface area contributed by atoms with E-state index in [-0.39, 0.29) is 11.9 Å². The van der Waals surface area contributed by atoms with Crippen LogP contribution in [0, 0.1) is 5.92 Å². The number of hydrogen-bond donors (Lipinski definition) is 2. The Labute approximate surface area is 145 Å². The summed E-state index contributed by atoms with van der Waals surface area (Å²) in [5.74, 6) is 0.291. The normalized spacial score (nSPS) is 12.6. The highest BCUT2D eigenvalue weighted by atomic mass is 16.6. The molecule has 5 nitrogen and oxygen atoms in total. The van der Waals surface area contributed by atoms with Gasteiger partial charge in [-0.2, -0.15) is 0 Å². The predicted molar refractivity (Wildman–Crippen MR) is 95.6 cm³/mol. The molecule has 0 aromatic heterocycles. The molecule has 0 heterocycles. The molecule has 0 saturated heterocycles. The summed E-state index contributed by atoms with van der Waals surface area (Å²) in [6.45, 7) is 10.0. The lowest BCUT2D eigenvalue weighted by atomic mass is 9.96. The van der Waals surface area contributed by atoms with Gasteiger partial charge in [0.15, 0.2) is 0 Å². The molecule has 0 bridgehead atoms. The van der Waals surface area contributed by atoms with Crippen molar-refractivity contribution in [3.05, 3.63) is 35.9 Å². The van der Waals surface area contributed by atoms with Crippen molar-refractivity contribution in [1.82, 2.24) is 10.6 Å². The molecular formula is C19H30N2O3. The van der Waals surface area contributed by atoms with Crippen LogP contribution in [0.4, 0.5) is 4.79 Å². The van der Waals surface area contributed by atoms with Crippen molar-refractivity contribution in [2.24, 2.45) is 5.92 Å². The largest absolute Gasteiger partial charge is 0.444 e. The average Bonchev–Trinajstić information content (AvgIpc) is 2.48. The maximum Gasteiger partial charge on any atom is 0.407 e. The second-order valence-corrected chi connectivity index (χ2v) is 7.23. The average molecular weight is 334 g/mol. The third-order valence-corrected chi connectivity index (χ3v) is 3.39. The standard InChI is InChI=1S/C19H30N2O3/c1-14(2)17(15-10-7-6-8-11-15)21-16(22)12-9-13-20-18(23)24-19(3,4)5/h6-8,10-11,14,17H,9,12-13H2,1-5H3,(H,20,23)(H,21,22). The molecule has 1 unspecified atom stereocenters. The first-order valence-electron chi connectivity index (χ1n) is 8.50. The summed E-state index contributed by atoms with van der Waals surface area (Å²) in [5, 5.41) is 5.74. The summed E-state index contributed by atoms with van der Waals surface area (Å²) in [7, 11) is 0. The molecule has 1 aromatic carbocycles. The number of ether oxygens (including phenoxy) is 1. The van der Waals surface area contributed by atoms with Crippen molar-refractivity contribution >= 4 is 12.0 Å². The first-order valence-corrected chi connectivity index (χ1v) is 8.50. The molecule has 1 aromatic rings. The van der Waals surface area contributed by atoms with Crippen LogP contribution in [0.3, 0.4) is 0 Å². The Bertz CT molecular complexity index is 521. The van der Waals surface area contributed by atoms with Gasteiger partial charge in [-0.05, 0) is 38.7 Å². The summed E-state index contributed by atoms with van der Waals surface area (Å²) in [6.07, 6.45) is 0.489. The van der Waals surface area contributed by atoms with Gasteiger partial charge in [0, 0.05) is 13.0 Å². The molecule has 2 amide bonds. The molecule has 1 atom stereocenters. The molecule has 2 N–H and O–H groups in total. The number of rotatable bonds is 7. The summed E-state index contributed by atoms with van der Waals surface area (Å²) < 4.78 is 5.15. The fourth-order valence-corrected chi connectivity index (χ4v) is 2.29. The molecule has 0 saturated carbocycles. The molecule has 1 rings (SSSR count). The van der Waals surface area contributed by atoms with Crippen LogP contribution in [-0.4, -0.2) is 24.1 Å². The second-order valence-electron chi connectivity index (χ2n) is 7.23. The van der Waals surface area contributed by atoms with Gasteiger partial charge in [-0.1, -0.05) is 44.2 Å². The zero-order valence-electron chi connectivity index (χ0n) is 15.4. The zero-order valence-corrected chi connectivity index (χ0v) is 15.4. The highest BCUT2D eigenvalue weighted by molar-refractivity contribution is 5.76. The maximum absolute atomic E-state index is 12.1. The number of nitrogens with one attached hydrogen (secondary N) is 2. The third-order valence-electron chi connectivity index (χ3n) is 3.39. The van der Waals surface area contributed by atoms with Crippen LogP contribution < -0.4 is 10.6 Å². The van der Waals surface area contributed by atoms with Gasteiger partial charge in [-0.3, -0.25) is 4.79 Å². The molecule has 24 heavy (non-hydrogen) atoms. The Hall–Kier alpha value is -2.04. The topological polar surface area (TPSA) is 67.4 Å². The lowest BCUT2D eigenvalue weighted by Gasteiger charge is -2.23. The van der Waals surface area contributed by atoms with E-state index < -0.39 is 11.7 Å². The minimum atomic E-state index is -0.512. The maximum atomic E-state index is 12.1. The van der Waals surface area contributed by atoms with Gasteiger partial charge >= 0.3 is 6.09 Å². The molecule has 0 aliphatic heterocycles. The van der Waals surface area contributed by atoms with Crippen molar-refractivity contribution in [3.8, 4) is 0 Å². The summed E-state index contributed by atoms with van der Waals surface area (Å²) in [4.78, 5) is 23.7. The first kappa shape index (κ1) is 20.0. The summed E-state index contributed by atoms with van der Waals surface area (Å²) >= 11 is 0. The lowest BCUT2D eigenvalue weighted by Crippen LogP contribution is -2.34. The quantitative estimate of drug-likeness (QED) is 0.745. The molecule has 0 aliphatic carbocycles. The van der Waals surface area contributed by atoms with Crippen LogP contribution in [-0.2, 0) is 9.53 Å². The molecule has 0 aliphatic rings. The van der Waals surface area contributed by atoms with Crippen molar-refractivity contribution in [2.75, 3.05) is 6.54 Å². The van der Waals surface area contributed by atoms with Crippen molar-refractivity contribution in [3.63, 3.8) is 0 Å². The van der Waals surface area contributed by atoms with Crippen LogP contribution in [0.2, 0.25) is 0 Å². The third kappa shape index (κ3) is 7.99. The van der Waals surface area contributed by atoms with Crippen molar-refractivity contribution in [2.45, 2.75) is 59.1 Å². The van der Waals surface area contributed by atoms with Crippen molar-refractivity contribution < 1.29 is 14.3 Å². The van der Waals surface area contributed by atoms with E-state index in [9.17, 15) is 9.59 Å². The Morgan fingerprint density at radius 1 is 1.12 bits per heavy atom. The van der Waals surface area contributed by atoms with Crippen LogP contribution in [0.5, 0.6) is 0 Å². The highest BCUT2D eigenvalue weighted by Crippen LogP contribution is 2.21. The van der Waals surface area contributed by atoms with Gasteiger partial charge in [0.2, 0.25) is 5.91 Å². The molecular weight excluding hydrogens is 304 g/mol. The van der Waals surface area contributed by atoms with Gasteiger partial charge < -0.3 is 15.4 Å². The molecule has 134 valence electrons. The molecule has 0 fully saturated rings. The number of amides is 2. The lowest BCUT2D eigenvalue weighted by molar-refractivity contribution is -0.122. The summed E-state index contributed by atoms with van der Waals surface area (Å²) in [6, 6.07) is 9.95. The smallest absolute Gasteiger partial charge is 0.407 e. The zero-order chi connectivity index (χ0) is 18.2. The van der Waals surface area contributed by atoms with E-state index in [1.54, 1.807) is 0 Å². The first-order chi connectivity index (χ1) is 11.2. The monoisotopic (exact) mass is 334 g/mol. The van der Waals surface area contributed by atoms with E-state index >= 15 is 0 Å². The Kier molecular flexibility index (Phi) is 7.75. The number of carbonyl (C=O) groups excluding carboxylic acids is 2. The van der Waals surface area contributed by atoms with Crippen LogP contribution in [0.25, 0.3) is 0 Å². The van der Waals surface area contributed by atoms with Crippen LogP contribution in [0.15, 0.2) is 30.3 Å². The fourth-order valence-electron chi connectivity index (χ4n) is 2.29. The fraction of sp³-hybridized carbons (Fsp3) is 0.579. The summed E-state index contributed by atoms with van der Waals surface area (Å²) in [5.41, 5.74) is 0.592. The Balaban J connectivity index is 2.36. The highest BCUT2D eigenvalue weighted by Gasteiger charge is 2.18. The Morgan fingerprint density at radius 2 is 1.75 bits per heavy atom. The van der Waals surface area contributed by atoms with Gasteiger partial charge in [0.25, 0.3) is 0 Å². The molecule has 5 heteroatoms. The SMILES string of the molecule is CC(C)C(NC(=O)CCCNC(=O)OC(C)(C)C)c1ccccc1. The molecule has 0 spiro atoms. The number of benzene rings is 1. The van der Waals surface area contributed by atoms with Gasteiger partial charge in [-0.15, -0.1) is 0 Å². The molecule has 0 radical (unpaired) electrons. The number of carbonyl (C=O) groups is 2. The van der Waals surface area contributed by atoms with E-state index in [0.29, 0.717) is 25.3 Å². The van der Waals surface area contributed by atoms with E-state index in [1.807, 2.05) is 51.1 Å². The van der Waals surface area contributed by atoms with E-state index in [2.05, 4.69) is 24.5 Å². The predicted octanol–water partition coefficient (Wildman–Crippen LogP) is 3.80. The van der Waals surface area contributed by atoms with E-state index in [1.165, 1.54) is 0 Å². The van der Waals surface area contributed by atoms with Gasteiger partial charge in [-0.25, -0.2) is 4.79 Å². The van der Waals surface area contributed by atoms with E-state index in [4.69, 9.17) is 4.74 Å². The van der Waals surface area contributed by atoms with Crippen LogP contribution >= 0.6 is 0 Å². The number of hydrogen-bond acceptors (Lipinski definition) is 3. The number of alkyl carbamates (subject to hydrolysis) is 1. The van der Waals surface area contributed by atoms with Crippen molar-refractivity contribution in [1.29, 1.82) is 0 Å².